The molecule has 3 aromatic rings. The number of hydrogen-bond acceptors (Lipinski definition) is 3. The SMILES string of the molecule is CN=C(NCCc1ccc(-n2cccn2)cc1)NCc1cccc(OCC(F)F)c1.I. The summed E-state index contributed by atoms with van der Waals surface area (Å²) >= 11 is 0. The van der Waals surface area contributed by atoms with Crippen molar-refractivity contribution in [2.24, 2.45) is 4.99 Å². The van der Waals surface area contributed by atoms with E-state index >= 15 is 0 Å². The zero-order chi connectivity index (χ0) is 21.2. The van der Waals surface area contributed by atoms with E-state index in [2.05, 4.69) is 32.9 Å². The minimum atomic E-state index is -2.49. The molecule has 0 amide bonds. The zero-order valence-electron chi connectivity index (χ0n) is 17.2. The van der Waals surface area contributed by atoms with Gasteiger partial charge in [0.15, 0.2) is 5.96 Å². The van der Waals surface area contributed by atoms with Gasteiger partial charge in [0.25, 0.3) is 6.43 Å². The molecule has 0 fully saturated rings. The third kappa shape index (κ3) is 8.16. The minimum absolute atomic E-state index is 0. The molecule has 0 radical (unpaired) electrons. The second-order valence-corrected chi connectivity index (χ2v) is 6.57. The van der Waals surface area contributed by atoms with Crippen molar-refractivity contribution >= 4 is 29.9 Å². The lowest BCUT2D eigenvalue weighted by atomic mass is 10.1. The number of alkyl halides is 2. The number of aliphatic imine (C=N–C) groups is 1. The summed E-state index contributed by atoms with van der Waals surface area (Å²) in [5.74, 6) is 1.10. The molecule has 1 aromatic heterocycles. The number of ether oxygens (including phenoxy) is 1. The quantitative estimate of drug-likeness (QED) is 0.244. The van der Waals surface area contributed by atoms with E-state index in [0.717, 1.165) is 24.2 Å². The number of nitrogens with one attached hydrogen (secondary N) is 2. The molecule has 166 valence electrons. The number of guanidine groups is 1. The molecule has 1 heterocycles. The molecule has 0 aliphatic carbocycles. The van der Waals surface area contributed by atoms with Crippen LogP contribution >= 0.6 is 24.0 Å². The molecular weight excluding hydrogens is 515 g/mol. The normalized spacial score (nSPS) is 11.2. The van der Waals surface area contributed by atoms with E-state index in [4.69, 9.17) is 4.74 Å². The maximum absolute atomic E-state index is 12.3. The number of halogens is 3. The summed E-state index contributed by atoms with van der Waals surface area (Å²) in [7, 11) is 1.70. The van der Waals surface area contributed by atoms with Gasteiger partial charge in [-0.15, -0.1) is 24.0 Å². The van der Waals surface area contributed by atoms with Crippen molar-refractivity contribution in [1.29, 1.82) is 0 Å². The highest BCUT2D eigenvalue weighted by atomic mass is 127. The third-order valence-corrected chi connectivity index (χ3v) is 4.37. The largest absolute Gasteiger partial charge is 0.488 e. The summed E-state index contributed by atoms with van der Waals surface area (Å²) < 4.78 is 31.4. The second-order valence-electron chi connectivity index (χ2n) is 6.57. The van der Waals surface area contributed by atoms with Crippen LogP contribution in [-0.2, 0) is 13.0 Å². The zero-order valence-corrected chi connectivity index (χ0v) is 19.5. The fourth-order valence-electron chi connectivity index (χ4n) is 2.87. The van der Waals surface area contributed by atoms with Crippen LogP contribution in [0.25, 0.3) is 5.69 Å². The number of hydrogen-bond donors (Lipinski definition) is 2. The first-order valence-corrected chi connectivity index (χ1v) is 9.67. The van der Waals surface area contributed by atoms with Crippen molar-refractivity contribution in [3.63, 3.8) is 0 Å². The van der Waals surface area contributed by atoms with Crippen LogP contribution in [0.15, 0.2) is 72.0 Å². The molecular formula is C22H26F2IN5O. The molecule has 6 nitrogen and oxygen atoms in total. The van der Waals surface area contributed by atoms with Crippen LogP contribution in [0.4, 0.5) is 8.78 Å². The highest BCUT2D eigenvalue weighted by Crippen LogP contribution is 2.14. The van der Waals surface area contributed by atoms with Crippen LogP contribution in [0.1, 0.15) is 11.1 Å². The Morgan fingerprint density at radius 1 is 1.10 bits per heavy atom. The van der Waals surface area contributed by atoms with Gasteiger partial charge in [0.05, 0.1) is 5.69 Å². The average molecular weight is 541 g/mol. The van der Waals surface area contributed by atoms with E-state index < -0.39 is 13.0 Å². The van der Waals surface area contributed by atoms with Crippen LogP contribution in [0, 0.1) is 0 Å². The van der Waals surface area contributed by atoms with Crippen molar-refractivity contribution in [1.82, 2.24) is 20.4 Å². The van der Waals surface area contributed by atoms with E-state index in [1.54, 1.807) is 31.4 Å². The average Bonchev–Trinajstić information content (AvgIpc) is 3.30. The van der Waals surface area contributed by atoms with Crippen LogP contribution in [0.2, 0.25) is 0 Å². The van der Waals surface area contributed by atoms with Crippen LogP contribution in [-0.4, -0.2) is 42.4 Å². The number of nitrogens with zero attached hydrogens (tertiary/aromatic N) is 3. The highest BCUT2D eigenvalue weighted by Gasteiger charge is 2.05. The van der Waals surface area contributed by atoms with Gasteiger partial charge in [-0.05, 0) is 47.9 Å². The highest BCUT2D eigenvalue weighted by molar-refractivity contribution is 14.0. The first kappa shape index (κ1) is 24.6. The summed E-state index contributed by atoms with van der Waals surface area (Å²) in [5, 5.41) is 10.7. The van der Waals surface area contributed by atoms with Gasteiger partial charge in [-0.25, -0.2) is 13.5 Å². The van der Waals surface area contributed by atoms with Gasteiger partial charge in [-0.1, -0.05) is 24.3 Å². The second kappa shape index (κ2) is 12.9. The summed E-state index contributed by atoms with van der Waals surface area (Å²) in [6.07, 6.45) is 2.02. The lowest BCUT2D eigenvalue weighted by Crippen LogP contribution is -2.37. The molecule has 0 bridgehead atoms. The molecule has 0 spiro atoms. The summed E-state index contributed by atoms with van der Waals surface area (Å²) in [5.41, 5.74) is 3.14. The Bertz CT molecular complexity index is 933. The van der Waals surface area contributed by atoms with Crippen LogP contribution in [0.5, 0.6) is 5.75 Å². The Hall–Kier alpha value is -2.69. The molecule has 0 atom stereocenters. The summed E-state index contributed by atoms with van der Waals surface area (Å²) in [6, 6.07) is 17.2. The van der Waals surface area contributed by atoms with Gasteiger partial charge < -0.3 is 15.4 Å². The Morgan fingerprint density at radius 3 is 2.58 bits per heavy atom. The number of benzene rings is 2. The molecule has 0 aliphatic rings. The van der Waals surface area contributed by atoms with Gasteiger partial charge in [-0.3, -0.25) is 4.99 Å². The topological polar surface area (TPSA) is 63.5 Å². The van der Waals surface area contributed by atoms with Crippen molar-refractivity contribution in [3.8, 4) is 11.4 Å². The third-order valence-electron chi connectivity index (χ3n) is 4.37. The molecule has 2 aromatic carbocycles. The Kier molecular flexibility index (Phi) is 10.2. The Morgan fingerprint density at radius 2 is 1.90 bits per heavy atom. The van der Waals surface area contributed by atoms with Gasteiger partial charge >= 0.3 is 0 Å². The van der Waals surface area contributed by atoms with Crippen LogP contribution in [0.3, 0.4) is 0 Å². The predicted octanol–water partition coefficient (Wildman–Crippen LogP) is 4.04. The molecule has 0 saturated heterocycles. The predicted molar refractivity (Wildman–Crippen MR) is 129 cm³/mol. The van der Waals surface area contributed by atoms with Crippen molar-refractivity contribution in [2.45, 2.75) is 19.4 Å². The van der Waals surface area contributed by atoms with E-state index in [-0.39, 0.29) is 24.0 Å². The standard InChI is InChI=1S/C22H25F2N5O.HI/c1-25-22(27-15-18-4-2-5-20(14-18)30-16-21(23)24)26-12-10-17-6-8-19(9-7-17)29-13-3-11-28-29;/h2-9,11,13-14,21H,10,12,15-16H2,1H3,(H2,25,26,27);1H. The number of aromatic nitrogens is 2. The molecule has 0 saturated carbocycles. The molecule has 9 heteroatoms. The Balaban J connectivity index is 0.00000341. The molecule has 2 N–H and O–H groups in total. The molecule has 0 aliphatic heterocycles. The van der Waals surface area contributed by atoms with E-state index in [9.17, 15) is 8.78 Å². The first-order chi connectivity index (χ1) is 14.6. The number of rotatable bonds is 9. The van der Waals surface area contributed by atoms with Gasteiger partial charge in [0, 0.05) is 32.5 Å². The van der Waals surface area contributed by atoms with Gasteiger partial charge in [0.1, 0.15) is 12.4 Å². The fraction of sp³-hybridized carbons (Fsp3) is 0.273. The lowest BCUT2D eigenvalue weighted by molar-refractivity contribution is 0.0818. The fourth-order valence-corrected chi connectivity index (χ4v) is 2.87. The van der Waals surface area contributed by atoms with Crippen molar-refractivity contribution < 1.29 is 13.5 Å². The van der Waals surface area contributed by atoms with E-state index in [1.165, 1.54) is 5.56 Å². The Labute approximate surface area is 197 Å². The van der Waals surface area contributed by atoms with E-state index in [1.807, 2.05) is 35.1 Å². The molecule has 31 heavy (non-hydrogen) atoms. The minimum Gasteiger partial charge on any atom is -0.488 e. The first-order valence-electron chi connectivity index (χ1n) is 9.67. The van der Waals surface area contributed by atoms with Crippen molar-refractivity contribution in [2.75, 3.05) is 20.2 Å². The molecule has 3 rings (SSSR count). The maximum atomic E-state index is 12.3. The molecule has 0 unspecified atom stereocenters. The lowest BCUT2D eigenvalue weighted by Gasteiger charge is -2.13. The monoisotopic (exact) mass is 541 g/mol. The van der Waals surface area contributed by atoms with Crippen LogP contribution < -0.4 is 15.4 Å². The smallest absolute Gasteiger partial charge is 0.272 e. The van der Waals surface area contributed by atoms with E-state index in [0.29, 0.717) is 18.3 Å². The maximum Gasteiger partial charge on any atom is 0.272 e. The van der Waals surface area contributed by atoms with Crippen molar-refractivity contribution in [3.05, 3.63) is 78.1 Å². The summed E-state index contributed by atoms with van der Waals surface area (Å²) in [6.45, 7) is 0.617. The van der Waals surface area contributed by atoms with Gasteiger partial charge in [0.2, 0.25) is 0 Å². The van der Waals surface area contributed by atoms with Gasteiger partial charge in [-0.2, -0.15) is 5.10 Å². The summed E-state index contributed by atoms with van der Waals surface area (Å²) in [4.78, 5) is 4.22.